The second kappa shape index (κ2) is 6.65. The fourth-order valence-electron chi connectivity index (χ4n) is 1.09. The Morgan fingerprint density at radius 1 is 1.18 bits per heavy atom. The van der Waals surface area contributed by atoms with Gasteiger partial charge in [0.1, 0.15) is 5.60 Å². The van der Waals surface area contributed by atoms with Crippen LogP contribution in [0.2, 0.25) is 0 Å². The topological polar surface area (TPSA) is 72.5 Å². The number of hydrogen-bond acceptors (Lipinski definition) is 4. The molecular weight excluding hydrogens is 337 g/mol. The molecule has 0 heterocycles. The Hall–Kier alpha value is -0.970. The van der Waals surface area contributed by atoms with Crippen molar-refractivity contribution in [3.05, 3.63) is 0 Å². The second-order valence-corrected chi connectivity index (χ2v) is 7.14. The maximum absolute atomic E-state index is 12.8. The number of rotatable bonds is 7. The smallest absolute Gasteiger partial charge is 0.458 e. The Bertz CT molecular complexity index is 501. The number of esters is 1. The minimum atomic E-state index is -6.25. The van der Waals surface area contributed by atoms with Crippen LogP contribution in [0.15, 0.2) is 0 Å². The van der Waals surface area contributed by atoms with Gasteiger partial charge in [0, 0.05) is 0 Å². The van der Waals surface area contributed by atoms with Gasteiger partial charge in [-0.05, 0) is 20.3 Å². The molecule has 0 aromatic heterocycles. The zero-order valence-electron chi connectivity index (χ0n) is 12.4. The highest BCUT2D eigenvalue weighted by atomic mass is 32.2. The molecule has 0 fully saturated rings. The van der Waals surface area contributed by atoms with Gasteiger partial charge in [-0.3, -0.25) is 4.79 Å². The molecule has 1 N–H and O–H groups in total. The van der Waals surface area contributed by atoms with Gasteiger partial charge in [0.2, 0.25) is 0 Å². The number of nitrogens with one attached hydrogen (secondary N) is 1. The summed E-state index contributed by atoms with van der Waals surface area (Å²) in [5.41, 5.74) is -1.59. The number of sulfonamides is 1. The van der Waals surface area contributed by atoms with Crippen molar-refractivity contribution in [2.75, 3.05) is 6.54 Å². The summed E-state index contributed by atoms with van der Waals surface area (Å²) in [6.07, 6.45) is -5.83. The van der Waals surface area contributed by atoms with Gasteiger partial charge in [0.15, 0.2) is 0 Å². The van der Waals surface area contributed by atoms with E-state index in [-0.39, 0.29) is 0 Å². The average molecular weight is 355 g/mol. The Balaban J connectivity index is 4.96. The monoisotopic (exact) mass is 355 g/mol. The van der Waals surface area contributed by atoms with Crippen LogP contribution >= 0.6 is 0 Å². The number of ether oxygens (including phenoxy) is 1. The Morgan fingerprint density at radius 3 is 2.00 bits per heavy atom. The SMILES string of the molecule is CCC(C)C(=O)OC(C)(C)CNS(=O)(=O)C(F)(F)C(F)(F)F. The summed E-state index contributed by atoms with van der Waals surface area (Å²) >= 11 is 0. The van der Waals surface area contributed by atoms with Crippen molar-refractivity contribution in [1.82, 2.24) is 4.72 Å². The van der Waals surface area contributed by atoms with E-state index < -0.39 is 45.5 Å². The van der Waals surface area contributed by atoms with Crippen LogP contribution in [0.25, 0.3) is 0 Å². The van der Waals surface area contributed by atoms with Gasteiger partial charge in [0.25, 0.3) is 10.0 Å². The van der Waals surface area contributed by atoms with E-state index in [1.165, 1.54) is 20.8 Å². The zero-order valence-corrected chi connectivity index (χ0v) is 13.2. The van der Waals surface area contributed by atoms with E-state index in [1.807, 2.05) is 0 Å². The van der Waals surface area contributed by atoms with E-state index >= 15 is 0 Å². The van der Waals surface area contributed by atoms with E-state index in [0.717, 1.165) is 4.72 Å². The van der Waals surface area contributed by atoms with Crippen LogP contribution in [-0.2, 0) is 19.6 Å². The largest absolute Gasteiger partial charge is 0.470 e. The van der Waals surface area contributed by atoms with Crippen molar-refractivity contribution in [3.8, 4) is 0 Å². The van der Waals surface area contributed by atoms with Crippen LogP contribution in [0.1, 0.15) is 34.1 Å². The van der Waals surface area contributed by atoms with Gasteiger partial charge in [-0.25, -0.2) is 13.1 Å². The lowest BCUT2D eigenvalue weighted by atomic mass is 10.1. The van der Waals surface area contributed by atoms with Crippen LogP contribution < -0.4 is 4.72 Å². The highest BCUT2D eigenvalue weighted by molar-refractivity contribution is 7.90. The van der Waals surface area contributed by atoms with Crippen molar-refractivity contribution < 1.29 is 39.9 Å². The number of halogens is 5. The lowest BCUT2D eigenvalue weighted by Crippen LogP contribution is -2.53. The summed E-state index contributed by atoms with van der Waals surface area (Å²) in [7, 11) is -6.01. The lowest BCUT2D eigenvalue weighted by Gasteiger charge is -2.28. The minimum Gasteiger partial charge on any atom is -0.458 e. The van der Waals surface area contributed by atoms with Gasteiger partial charge in [-0.2, -0.15) is 22.0 Å². The Kier molecular flexibility index (Phi) is 6.36. The zero-order chi connectivity index (χ0) is 18.0. The fourth-order valence-corrected chi connectivity index (χ4v) is 2.11. The van der Waals surface area contributed by atoms with Crippen LogP contribution in [-0.4, -0.2) is 38.0 Å². The Labute approximate surface area is 125 Å². The van der Waals surface area contributed by atoms with Crippen LogP contribution in [0.5, 0.6) is 0 Å². The molecule has 11 heteroatoms. The third kappa shape index (κ3) is 5.04. The minimum absolute atomic E-state index is 0.423. The molecule has 0 aliphatic carbocycles. The van der Waals surface area contributed by atoms with Crippen molar-refractivity contribution in [2.45, 2.75) is 51.1 Å². The van der Waals surface area contributed by atoms with Crippen molar-refractivity contribution in [3.63, 3.8) is 0 Å². The molecule has 1 atom stereocenters. The molecule has 0 rings (SSSR count). The summed E-state index contributed by atoms with van der Waals surface area (Å²) < 4.78 is 90.1. The first-order valence-electron chi connectivity index (χ1n) is 6.24. The first kappa shape index (κ1) is 21.0. The first-order valence-corrected chi connectivity index (χ1v) is 7.72. The fraction of sp³-hybridized carbons (Fsp3) is 0.909. The van der Waals surface area contributed by atoms with Crippen LogP contribution in [0, 0.1) is 5.92 Å². The van der Waals surface area contributed by atoms with Crippen molar-refractivity contribution in [2.24, 2.45) is 5.92 Å². The second-order valence-electron chi connectivity index (χ2n) is 5.33. The third-order valence-electron chi connectivity index (χ3n) is 2.75. The van der Waals surface area contributed by atoms with Gasteiger partial charge < -0.3 is 4.74 Å². The van der Waals surface area contributed by atoms with Crippen molar-refractivity contribution in [1.29, 1.82) is 0 Å². The lowest BCUT2D eigenvalue weighted by molar-refractivity contribution is -0.241. The van der Waals surface area contributed by atoms with E-state index in [1.54, 1.807) is 6.92 Å². The summed E-state index contributed by atoms with van der Waals surface area (Å²) in [5, 5.41) is -5.95. The van der Waals surface area contributed by atoms with Crippen LogP contribution in [0.4, 0.5) is 22.0 Å². The quantitative estimate of drug-likeness (QED) is 0.562. The molecular formula is C11H18F5NO4S. The molecule has 0 bridgehead atoms. The predicted molar refractivity (Wildman–Crippen MR) is 67.6 cm³/mol. The van der Waals surface area contributed by atoms with Gasteiger partial charge >= 0.3 is 17.4 Å². The highest BCUT2D eigenvalue weighted by Gasteiger charge is 2.67. The highest BCUT2D eigenvalue weighted by Crippen LogP contribution is 2.39. The molecule has 22 heavy (non-hydrogen) atoms. The summed E-state index contributed by atoms with van der Waals surface area (Å²) in [6, 6.07) is 0. The molecule has 0 radical (unpaired) electrons. The Morgan fingerprint density at radius 2 is 1.64 bits per heavy atom. The summed E-state index contributed by atoms with van der Waals surface area (Å²) in [4.78, 5) is 11.5. The maximum Gasteiger partial charge on any atom is 0.470 e. The van der Waals surface area contributed by atoms with Crippen LogP contribution in [0.3, 0.4) is 0 Å². The first-order chi connectivity index (χ1) is 9.57. The maximum atomic E-state index is 12.8. The number of carbonyl (C=O) groups is 1. The molecule has 0 saturated heterocycles. The average Bonchev–Trinajstić information content (AvgIpc) is 2.33. The van der Waals surface area contributed by atoms with E-state index in [0.29, 0.717) is 6.42 Å². The normalized spacial score (nSPS) is 15.5. The van der Waals surface area contributed by atoms with Gasteiger partial charge in [0.05, 0.1) is 12.5 Å². The molecule has 0 aromatic carbocycles. The molecule has 1 unspecified atom stereocenters. The predicted octanol–water partition coefficient (Wildman–Crippen LogP) is 2.43. The van der Waals surface area contributed by atoms with Crippen molar-refractivity contribution >= 4 is 16.0 Å². The molecule has 132 valence electrons. The molecule has 0 amide bonds. The standard InChI is InChI=1S/C11H18F5NO4S/c1-5-7(2)8(18)21-9(3,4)6-17-22(19,20)11(15,16)10(12,13)14/h7,17H,5-6H2,1-4H3. The van der Waals surface area contributed by atoms with Gasteiger partial charge in [-0.15, -0.1) is 0 Å². The molecule has 0 spiro atoms. The summed E-state index contributed by atoms with van der Waals surface area (Å²) in [5.74, 6) is -1.23. The van der Waals surface area contributed by atoms with Gasteiger partial charge in [-0.1, -0.05) is 13.8 Å². The molecule has 0 aromatic rings. The molecule has 0 aliphatic heterocycles. The van der Waals surface area contributed by atoms with E-state index in [9.17, 15) is 35.2 Å². The molecule has 0 aliphatic rings. The van der Waals surface area contributed by atoms with E-state index in [2.05, 4.69) is 0 Å². The van der Waals surface area contributed by atoms with E-state index in [4.69, 9.17) is 4.74 Å². The third-order valence-corrected chi connectivity index (χ3v) is 4.18. The number of carbonyl (C=O) groups excluding carboxylic acids is 1. The summed E-state index contributed by atoms with van der Waals surface area (Å²) in [6.45, 7) is 4.65. The number of hydrogen-bond donors (Lipinski definition) is 1. The molecule has 5 nitrogen and oxygen atoms in total. The molecule has 0 saturated carbocycles. The number of alkyl halides is 5.